The summed E-state index contributed by atoms with van der Waals surface area (Å²) in [5.41, 5.74) is -0.583. The first-order valence-corrected chi connectivity index (χ1v) is 5.41. The van der Waals surface area contributed by atoms with Crippen LogP contribution in [0, 0.1) is 0 Å². The number of hydrogen-bond donors (Lipinski definition) is 2. The maximum Gasteiger partial charge on any atom is 0.337 e. The van der Waals surface area contributed by atoms with Crippen LogP contribution >= 0.6 is 11.8 Å². The number of nitrogens with zero attached hydrogens (tertiary/aromatic N) is 1. The van der Waals surface area contributed by atoms with Gasteiger partial charge in [0.25, 0.3) is 0 Å². The predicted molar refractivity (Wildman–Crippen MR) is 58.2 cm³/mol. The van der Waals surface area contributed by atoms with E-state index >= 15 is 0 Å². The molecule has 1 aromatic heterocycles. The molecule has 2 N–H and O–H groups in total. The summed E-state index contributed by atoms with van der Waals surface area (Å²) in [6, 6.07) is 3.14. The standard InChI is InChI=1S/C10H13NO3S/c1-10(2,14)6-15-8-4-3-7(5-11-8)9(12)13/h3-5,14H,6H2,1-2H3,(H,12,13). The van der Waals surface area contributed by atoms with E-state index in [9.17, 15) is 9.90 Å². The fourth-order valence-electron chi connectivity index (χ4n) is 0.843. The molecule has 0 aliphatic heterocycles. The Morgan fingerprint density at radius 1 is 1.53 bits per heavy atom. The largest absolute Gasteiger partial charge is 0.478 e. The number of aromatic nitrogens is 1. The molecule has 15 heavy (non-hydrogen) atoms. The molecule has 0 bridgehead atoms. The van der Waals surface area contributed by atoms with Gasteiger partial charge in [0.05, 0.1) is 16.2 Å². The zero-order chi connectivity index (χ0) is 11.5. The number of carboxylic acids is 1. The molecule has 0 aliphatic carbocycles. The molecule has 1 aromatic rings. The molecule has 5 heteroatoms. The lowest BCUT2D eigenvalue weighted by Crippen LogP contribution is -2.21. The van der Waals surface area contributed by atoms with Crippen molar-refractivity contribution in [3.63, 3.8) is 0 Å². The lowest BCUT2D eigenvalue weighted by Gasteiger charge is -2.15. The van der Waals surface area contributed by atoms with Crippen LogP contribution in [0.25, 0.3) is 0 Å². The van der Waals surface area contributed by atoms with Gasteiger partial charge in [0.15, 0.2) is 0 Å². The van der Waals surface area contributed by atoms with E-state index < -0.39 is 11.6 Å². The van der Waals surface area contributed by atoms with Crippen molar-refractivity contribution in [1.29, 1.82) is 0 Å². The molecule has 0 aliphatic rings. The van der Waals surface area contributed by atoms with Crippen molar-refractivity contribution in [3.8, 4) is 0 Å². The number of pyridine rings is 1. The van der Waals surface area contributed by atoms with Crippen molar-refractivity contribution >= 4 is 17.7 Å². The van der Waals surface area contributed by atoms with Crippen LogP contribution in [0.3, 0.4) is 0 Å². The number of thioether (sulfide) groups is 1. The van der Waals surface area contributed by atoms with Crippen LogP contribution in [0.4, 0.5) is 0 Å². The molecule has 82 valence electrons. The van der Waals surface area contributed by atoms with E-state index in [1.165, 1.54) is 24.0 Å². The number of carboxylic acid groups (broad SMARTS) is 1. The van der Waals surface area contributed by atoms with Crippen LogP contribution in [0.15, 0.2) is 23.4 Å². The Bertz CT molecular complexity index is 343. The van der Waals surface area contributed by atoms with E-state index in [1.54, 1.807) is 19.9 Å². The SMILES string of the molecule is CC(C)(O)CSc1ccc(C(=O)O)cn1. The van der Waals surface area contributed by atoms with Crippen molar-refractivity contribution in [2.24, 2.45) is 0 Å². The Kier molecular flexibility index (Phi) is 3.71. The van der Waals surface area contributed by atoms with Gasteiger partial charge in [-0.2, -0.15) is 0 Å². The Labute approximate surface area is 92.3 Å². The van der Waals surface area contributed by atoms with E-state index in [2.05, 4.69) is 4.98 Å². The zero-order valence-electron chi connectivity index (χ0n) is 8.60. The molecule has 0 atom stereocenters. The molecule has 1 heterocycles. The average molecular weight is 227 g/mol. The summed E-state index contributed by atoms with van der Waals surface area (Å²) >= 11 is 1.39. The minimum Gasteiger partial charge on any atom is -0.478 e. The van der Waals surface area contributed by atoms with Crippen molar-refractivity contribution in [2.45, 2.75) is 24.5 Å². The average Bonchev–Trinajstić information content (AvgIpc) is 2.14. The molecule has 0 spiro atoms. The Balaban J connectivity index is 2.61. The molecule has 0 fully saturated rings. The van der Waals surface area contributed by atoms with Gasteiger partial charge in [0, 0.05) is 11.9 Å². The summed E-state index contributed by atoms with van der Waals surface area (Å²) in [5, 5.41) is 18.8. The van der Waals surface area contributed by atoms with Crippen LogP contribution in [-0.2, 0) is 0 Å². The summed E-state index contributed by atoms with van der Waals surface area (Å²) in [7, 11) is 0. The highest BCUT2D eigenvalue weighted by molar-refractivity contribution is 7.99. The molecule has 1 rings (SSSR count). The highest BCUT2D eigenvalue weighted by Gasteiger charge is 2.13. The number of hydrogen-bond acceptors (Lipinski definition) is 4. The summed E-state index contributed by atoms with van der Waals surface area (Å²) in [6.45, 7) is 3.43. The molecule has 0 radical (unpaired) electrons. The maximum absolute atomic E-state index is 10.5. The van der Waals surface area contributed by atoms with E-state index in [-0.39, 0.29) is 5.56 Å². The number of rotatable bonds is 4. The predicted octanol–water partition coefficient (Wildman–Crippen LogP) is 1.64. The van der Waals surface area contributed by atoms with Gasteiger partial charge >= 0.3 is 5.97 Å². The van der Waals surface area contributed by atoms with E-state index in [0.29, 0.717) is 10.8 Å². The van der Waals surface area contributed by atoms with Gasteiger partial charge in [-0.3, -0.25) is 0 Å². The highest BCUT2D eigenvalue weighted by atomic mass is 32.2. The Morgan fingerprint density at radius 3 is 2.60 bits per heavy atom. The van der Waals surface area contributed by atoms with Crippen molar-refractivity contribution in [3.05, 3.63) is 23.9 Å². The number of carbonyl (C=O) groups is 1. The summed E-state index contributed by atoms with van der Waals surface area (Å²) in [4.78, 5) is 14.5. The van der Waals surface area contributed by atoms with Crippen LogP contribution in [-0.4, -0.2) is 32.5 Å². The molecule has 0 saturated heterocycles. The lowest BCUT2D eigenvalue weighted by molar-refractivity contribution is 0.0696. The van der Waals surface area contributed by atoms with Gasteiger partial charge in [0.1, 0.15) is 0 Å². The Hall–Kier alpha value is -1.07. The van der Waals surface area contributed by atoms with Gasteiger partial charge < -0.3 is 10.2 Å². The fourth-order valence-corrected chi connectivity index (χ4v) is 1.64. The van der Waals surface area contributed by atoms with Crippen molar-refractivity contribution in [1.82, 2.24) is 4.98 Å². The number of aliphatic hydroxyl groups is 1. The first-order chi connectivity index (χ1) is 6.88. The maximum atomic E-state index is 10.5. The van der Waals surface area contributed by atoms with Gasteiger partial charge in [-0.1, -0.05) is 0 Å². The van der Waals surface area contributed by atoms with E-state index in [1.807, 2.05) is 0 Å². The number of aromatic carboxylic acids is 1. The second kappa shape index (κ2) is 4.63. The minimum absolute atomic E-state index is 0.169. The lowest BCUT2D eigenvalue weighted by atomic mass is 10.2. The second-order valence-electron chi connectivity index (χ2n) is 3.79. The summed E-state index contributed by atoms with van der Waals surface area (Å²) in [5.74, 6) is -0.464. The highest BCUT2D eigenvalue weighted by Crippen LogP contribution is 2.20. The smallest absolute Gasteiger partial charge is 0.337 e. The van der Waals surface area contributed by atoms with Crippen LogP contribution in [0.1, 0.15) is 24.2 Å². The fraction of sp³-hybridized carbons (Fsp3) is 0.400. The second-order valence-corrected chi connectivity index (χ2v) is 4.79. The molecule has 0 unspecified atom stereocenters. The zero-order valence-corrected chi connectivity index (χ0v) is 9.41. The van der Waals surface area contributed by atoms with E-state index in [4.69, 9.17) is 5.11 Å². The molecule has 0 saturated carbocycles. The van der Waals surface area contributed by atoms with Crippen molar-refractivity contribution in [2.75, 3.05) is 5.75 Å². The molecular formula is C10H13NO3S. The first kappa shape index (κ1) is 12.0. The Morgan fingerprint density at radius 2 is 2.20 bits per heavy atom. The van der Waals surface area contributed by atoms with Crippen LogP contribution < -0.4 is 0 Å². The van der Waals surface area contributed by atoms with Gasteiger partial charge in [-0.15, -0.1) is 11.8 Å². The van der Waals surface area contributed by atoms with Crippen LogP contribution in [0.5, 0.6) is 0 Å². The monoisotopic (exact) mass is 227 g/mol. The third-order valence-electron chi connectivity index (χ3n) is 1.56. The summed E-state index contributed by atoms with van der Waals surface area (Å²) in [6.07, 6.45) is 1.31. The van der Waals surface area contributed by atoms with Gasteiger partial charge in [0.2, 0.25) is 0 Å². The third kappa shape index (κ3) is 4.31. The molecule has 0 amide bonds. The topological polar surface area (TPSA) is 70.4 Å². The minimum atomic E-state index is -0.985. The van der Waals surface area contributed by atoms with E-state index in [0.717, 1.165) is 0 Å². The third-order valence-corrected chi connectivity index (χ3v) is 2.94. The van der Waals surface area contributed by atoms with Gasteiger partial charge in [-0.25, -0.2) is 9.78 Å². The normalized spacial score (nSPS) is 11.4. The molecule has 0 aromatic carbocycles. The first-order valence-electron chi connectivity index (χ1n) is 4.43. The summed E-state index contributed by atoms with van der Waals surface area (Å²) < 4.78 is 0. The molecule has 4 nitrogen and oxygen atoms in total. The molecular weight excluding hydrogens is 214 g/mol. The van der Waals surface area contributed by atoms with Gasteiger partial charge in [-0.05, 0) is 26.0 Å². The van der Waals surface area contributed by atoms with Crippen molar-refractivity contribution < 1.29 is 15.0 Å². The quantitative estimate of drug-likeness (QED) is 0.765. The van der Waals surface area contributed by atoms with Crippen LogP contribution in [0.2, 0.25) is 0 Å².